The van der Waals surface area contributed by atoms with Gasteiger partial charge in [-0.1, -0.05) is 77.0 Å². The van der Waals surface area contributed by atoms with E-state index in [0.29, 0.717) is 22.9 Å². The molecular formula is C49H61BrN8O4. The molecule has 2 aliphatic rings. The molecule has 0 spiro atoms. The molecule has 0 saturated carbocycles. The van der Waals surface area contributed by atoms with Gasteiger partial charge in [0.15, 0.2) is 0 Å². The van der Waals surface area contributed by atoms with Gasteiger partial charge in [0.1, 0.15) is 28.9 Å². The normalized spacial score (nSPS) is 14.0. The number of halogens is 1. The van der Waals surface area contributed by atoms with Crippen LogP contribution in [0.2, 0.25) is 0 Å². The second kappa shape index (κ2) is 21.3. The minimum atomic E-state index is -0.458. The highest BCUT2D eigenvalue weighted by molar-refractivity contribution is 9.10. The molecule has 6 aromatic rings. The van der Waals surface area contributed by atoms with Gasteiger partial charge in [-0.25, -0.2) is 9.97 Å². The standard InChI is InChI=1S/C24H28N4O2.C13H14BrN3.C11H15NO2.CH4/c1-24(2,3)23(29)26-17-8-7-9-18(14-17)30-19-10-11-20-21(15-19)27-22(16-25-20)28-12-5-4-6-13-28;14-10-4-5-11-12(8-10)16-13(9-15-11)17-6-2-1-3-7-17;1-11(2,3)10(14)12-8-5-4-6-9(13)7-8;/h7-11,14-16H,4-6,12-13H2,1-3H3,(H,26,29);4-5,8-9H,1-3,6-7H2;4-7,13H,1-3H3,(H,12,14);1H4. The first kappa shape index (κ1) is 47.2. The van der Waals surface area contributed by atoms with E-state index in [9.17, 15) is 14.7 Å². The largest absolute Gasteiger partial charge is 0.508 e. The van der Waals surface area contributed by atoms with Crippen molar-refractivity contribution in [3.8, 4) is 17.2 Å². The minimum absolute atomic E-state index is 0. The summed E-state index contributed by atoms with van der Waals surface area (Å²) >= 11 is 3.47. The first-order valence-corrected chi connectivity index (χ1v) is 21.8. The zero-order valence-electron chi connectivity index (χ0n) is 36.0. The van der Waals surface area contributed by atoms with Crippen molar-refractivity contribution in [2.24, 2.45) is 10.8 Å². The van der Waals surface area contributed by atoms with Crippen molar-refractivity contribution < 1.29 is 19.4 Å². The second-order valence-electron chi connectivity index (χ2n) is 17.4. The maximum absolute atomic E-state index is 12.2. The predicted molar refractivity (Wildman–Crippen MR) is 256 cm³/mol. The monoisotopic (exact) mass is 904 g/mol. The molecule has 3 N–H and O–H groups in total. The Kier molecular flexibility index (Phi) is 16.2. The van der Waals surface area contributed by atoms with Crippen molar-refractivity contribution in [2.75, 3.05) is 46.6 Å². The Balaban J connectivity index is 0.000000192. The first-order valence-electron chi connectivity index (χ1n) is 21.0. The molecule has 8 rings (SSSR count). The van der Waals surface area contributed by atoms with Gasteiger partial charge in [-0.15, -0.1) is 0 Å². The molecule has 328 valence electrons. The fourth-order valence-electron chi connectivity index (χ4n) is 6.56. The number of carbonyl (C=O) groups is 2. The van der Waals surface area contributed by atoms with Gasteiger partial charge in [0, 0.05) is 71.1 Å². The SMILES string of the molecule is Brc1ccc2ncc(N3CCCCC3)nc2c1.C.CC(C)(C)C(=O)Nc1cccc(O)c1.CC(C)(C)C(=O)Nc1cccc(Oc2ccc3ncc(N4CCCCC4)nc3c2)c1. The van der Waals surface area contributed by atoms with Crippen molar-refractivity contribution in [2.45, 2.75) is 87.5 Å². The lowest BCUT2D eigenvalue weighted by Gasteiger charge is -2.27. The molecule has 4 aromatic carbocycles. The number of aromatic nitrogens is 4. The van der Waals surface area contributed by atoms with Gasteiger partial charge in [-0.2, -0.15) is 0 Å². The highest BCUT2D eigenvalue weighted by Gasteiger charge is 2.22. The summed E-state index contributed by atoms with van der Waals surface area (Å²) in [5.41, 5.74) is 4.01. The van der Waals surface area contributed by atoms with E-state index in [1.807, 2.05) is 115 Å². The number of benzene rings is 4. The van der Waals surface area contributed by atoms with Gasteiger partial charge in [-0.05, 0) is 93.1 Å². The summed E-state index contributed by atoms with van der Waals surface area (Å²) in [5, 5.41) is 14.8. The van der Waals surface area contributed by atoms with Crippen LogP contribution in [-0.4, -0.2) is 63.0 Å². The zero-order chi connectivity index (χ0) is 43.6. The molecule has 0 bridgehead atoms. The van der Waals surface area contributed by atoms with Crippen molar-refractivity contribution in [1.29, 1.82) is 0 Å². The van der Waals surface area contributed by atoms with E-state index in [4.69, 9.17) is 14.7 Å². The van der Waals surface area contributed by atoms with Crippen LogP contribution in [0, 0.1) is 10.8 Å². The summed E-state index contributed by atoms with van der Waals surface area (Å²) < 4.78 is 7.10. The van der Waals surface area contributed by atoms with Crippen LogP contribution >= 0.6 is 15.9 Å². The van der Waals surface area contributed by atoms with Crippen LogP contribution in [0.4, 0.5) is 23.0 Å². The van der Waals surface area contributed by atoms with Gasteiger partial charge in [-0.3, -0.25) is 19.6 Å². The molecule has 2 fully saturated rings. The topological polar surface area (TPSA) is 146 Å². The molecule has 0 unspecified atom stereocenters. The molecule has 2 saturated heterocycles. The van der Waals surface area contributed by atoms with Gasteiger partial charge in [0.25, 0.3) is 0 Å². The number of nitrogens with zero attached hydrogens (tertiary/aromatic N) is 6. The van der Waals surface area contributed by atoms with Crippen LogP contribution in [-0.2, 0) is 9.59 Å². The molecule has 62 heavy (non-hydrogen) atoms. The summed E-state index contributed by atoms with van der Waals surface area (Å²) in [4.78, 5) is 47.0. The number of amides is 2. The van der Waals surface area contributed by atoms with Gasteiger partial charge >= 0.3 is 0 Å². The Hall–Kier alpha value is -5.82. The van der Waals surface area contributed by atoms with Gasteiger partial charge in [0.05, 0.1) is 34.5 Å². The average Bonchev–Trinajstić information content (AvgIpc) is 3.24. The molecule has 13 heteroatoms. The number of phenolic OH excluding ortho intramolecular Hbond substituents is 1. The van der Waals surface area contributed by atoms with E-state index in [-0.39, 0.29) is 25.0 Å². The van der Waals surface area contributed by atoms with Crippen LogP contribution in [0.5, 0.6) is 17.2 Å². The summed E-state index contributed by atoms with van der Waals surface area (Å²) in [6.45, 7) is 15.4. The molecule has 4 heterocycles. The number of aromatic hydroxyl groups is 1. The van der Waals surface area contributed by atoms with Gasteiger partial charge in [0.2, 0.25) is 11.8 Å². The van der Waals surface area contributed by atoms with Crippen molar-refractivity contribution in [1.82, 2.24) is 19.9 Å². The number of hydrogen-bond acceptors (Lipinski definition) is 10. The Morgan fingerprint density at radius 3 is 1.58 bits per heavy atom. The van der Waals surface area contributed by atoms with Crippen molar-refractivity contribution in [3.63, 3.8) is 0 Å². The van der Waals surface area contributed by atoms with Crippen LogP contribution < -0.4 is 25.2 Å². The number of hydrogen-bond donors (Lipinski definition) is 3. The van der Waals surface area contributed by atoms with Crippen LogP contribution in [0.1, 0.15) is 87.5 Å². The average molecular weight is 906 g/mol. The Labute approximate surface area is 374 Å². The van der Waals surface area contributed by atoms with Crippen LogP contribution in [0.15, 0.2) is 102 Å². The second-order valence-corrected chi connectivity index (χ2v) is 18.3. The summed E-state index contributed by atoms with van der Waals surface area (Å²) in [6, 6.07) is 25.6. The first-order chi connectivity index (χ1) is 29.1. The maximum Gasteiger partial charge on any atom is 0.229 e. The highest BCUT2D eigenvalue weighted by atomic mass is 79.9. The fourth-order valence-corrected chi connectivity index (χ4v) is 6.91. The highest BCUT2D eigenvalue weighted by Crippen LogP contribution is 2.29. The summed E-state index contributed by atoms with van der Waals surface area (Å²) in [7, 11) is 0. The molecule has 2 aliphatic heterocycles. The van der Waals surface area contributed by atoms with Crippen molar-refractivity contribution >= 4 is 72.8 Å². The van der Waals surface area contributed by atoms with E-state index < -0.39 is 10.8 Å². The quantitative estimate of drug-likeness (QED) is 0.148. The van der Waals surface area contributed by atoms with E-state index in [2.05, 4.69) is 46.3 Å². The Morgan fingerprint density at radius 2 is 1.06 bits per heavy atom. The fraction of sp³-hybridized carbons (Fsp3) is 0.388. The predicted octanol–water partition coefficient (Wildman–Crippen LogP) is 11.8. The Morgan fingerprint density at radius 1 is 0.597 bits per heavy atom. The number of carbonyl (C=O) groups excluding carboxylic acids is 2. The minimum Gasteiger partial charge on any atom is -0.508 e. The van der Waals surface area contributed by atoms with E-state index >= 15 is 0 Å². The lowest BCUT2D eigenvalue weighted by molar-refractivity contribution is -0.123. The molecule has 12 nitrogen and oxygen atoms in total. The number of piperidine rings is 2. The van der Waals surface area contributed by atoms with Gasteiger partial charge < -0.3 is 30.3 Å². The third-order valence-electron chi connectivity index (χ3n) is 10.1. The zero-order valence-corrected chi connectivity index (χ0v) is 37.6. The molecule has 2 aromatic heterocycles. The van der Waals surface area contributed by atoms with Crippen LogP contribution in [0.3, 0.4) is 0 Å². The van der Waals surface area contributed by atoms with Crippen molar-refractivity contribution in [3.05, 3.63) is 102 Å². The lowest BCUT2D eigenvalue weighted by Crippen LogP contribution is -2.30. The number of fused-ring (bicyclic) bond motifs is 2. The Bertz CT molecular complexity index is 2440. The number of phenols is 1. The van der Waals surface area contributed by atoms with Crippen LogP contribution in [0.25, 0.3) is 22.1 Å². The number of nitrogens with one attached hydrogen (secondary N) is 2. The van der Waals surface area contributed by atoms with E-state index in [1.165, 1.54) is 44.6 Å². The summed E-state index contributed by atoms with van der Waals surface area (Å²) in [6.07, 6.45) is 11.3. The lowest BCUT2D eigenvalue weighted by atomic mass is 9.95. The molecular weight excluding hydrogens is 844 g/mol. The third kappa shape index (κ3) is 13.6. The number of anilines is 4. The third-order valence-corrected chi connectivity index (χ3v) is 10.6. The number of ether oxygens (including phenoxy) is 1. The molecule has 0 aliphatic carbocycles. The molecule has 0 atom stereocenters. The number of rotatable bonds is 6. The maximum atomic E-state index is 12.2. The molecule has 2 amide bonds. The summed E-state index contributed by atoms with van der Waals surface area (Å²) in [5.74, 6) is 3.32. The smallest absolute Gasteiger partial charge is 0.229 e. The molecule has 0 radical (unpaired) electrons. The van der Waals surface area contributed by atoms with E-state index in [1.54, 1.807) is 18.2 Å². The van der Waals surface area contributed by atoms with E-state index in [0.717, 1.165) is 64.4 Å².